The van der Waals surface area contributed by atoms with Gasteiger partial charge in [-0.3, -0.25) is 0 Å². The van der Waals surface area contributed by atoms with Crippen LogP contribution in [0.3, 0.4) is 0 Å². The first-order chi connectivity index (χ1) is 6.81. The maximum Gasteiger partial charge on any atom is 0.340 e. The van der Waals surface area contributed by atoms with Gasteiger partial charge in [-0.05, 0) is 39.3 Å². The first-order valence-electron chi connectivity index (χ1n) is 4.80. The summed E-state index contributed by atoms with van der Waals surface area (Å²) in [6, 6.07) is 5.34. The number of ether oxygens (including phenoxy) is 1. The van der Waals surface area contributed by atoms with E-state index in [1.54, 1.807) is 6.07 Å². The van der Waals surface area contributed by atoms with Crippen molar-refractivity contribution in [2.75, 3.05) is 0 Å². The van der Waals surface area contributed by atoms with Gasteiger partial charge in [0.05, 0.1) is 10.6 Å². The smallest absolute Gasteiger partial charge is 0.340 e. The van der Waals surface area contributed by atoms with Crippen molar-refractivity contribution in [3.8, 4) is 0 Å². The summed E-state index contributed by atoms with van der Waals surface area (Å²) < 4.78 is 5.26. The number of aryl methyl sites for hydroxylation is 1. The lowest BCUT2D eigenvalue weighted by Crippen LogP contribution is -2.24. The molecule has 0 fully saturated rings. The Morgan fingerprint density at radius 2 is 1.93 bits per heavy atom. The Morgan fingerprint density at radius 3 is 2.40 bits per heavy atom. The molecule has 3 heteroatoms. The first kappa shape index (κ1) is 12.1. The first-order valence-corrected chi connectivity index (χ1v) is 5.17. The Labute approximate surface area is 95.2 Å². The van der Waals surface area contributed by atoms with Crippen LogP contribution in [0.15, 0.2) is 18.2 Å². The highest BCUT2D eigenvalue weighted by Gasteiger charge is 2.21. The van der Waals surface area contributed by atoms with Crippen molar-refractivity contribution in [3.63, 3.8) is 0 Å². The maximum atomic E-state index is 11.8. The van der Waals surface area contributed by atoms with Gasteiger partial charge in [0.2, 0.25) is 0 Å². The lowest BCUT2D eigenvalue weighted by Gasteiger charge is -2.20. The SMILES string of the molecule is Cc1cccc(Cl)c1C(=O)OC(C)(C)C. The molecule has 1 aromatic rings. The number of carbonyl (C=O) groups is 1. The van der Waals surface area contributed by atoms with Gasteiger partial charge in [-0.2, -0.15) is 0 Å². The number of carbonyl (C=O) groups excluding carboxylic acids is 1. The second kappa shape index (κ2) is 4.23. The summed E-state index contributed by atoms with van der Waals surface area (Å²) in [5.41, 5.74) is 0.786. The van der Waals surface area contributed by atoms with E-state index in [4.69, 9.17) is 16.3 Å². The molecule has 1 rings (SSSR count). The fourth-order valence-electron chi connectivity index (χ4n) is 1.22. The summed E-state index contributed by atoms with van der Waals surface area (Å²) in [5.74, 6) is -0.370. The third kappa shape index (κ3) is 3.24. The minimum atomic E-state index is -0.497. The average molecular weight is 227 g/mol. The van der Waals surface area contributed by atoms with Crippen molar-refractivity contribution in [1.29, 1.82) is 0 Å². The van der Waals surface area contributed by atoms with Crippen molar-refractivity contribution in [2.45, 2.75) is 33.3 Å². The zero-order chi connectivity index (χ0) is 11.6. The van der Waals surface area contributed by atoms with Crippen molar-refractivity contribution < 1.29 is 9.53 Å². The lowest BCUT2D eigenvalue weighted by atomic mass is 10.1. The van der Waals surface area contributed by atoms with E-state index in [1.807, 2.05) is 39.8 Å². The molecule has 0 radical (unpaired) electrons. The molecule has 0 aliphatic heterocycles. The molecule has 0 aliphatic rings. The summed E-state index contributed by atoms with van der Waals surface area (Å²) in [4.78, 5) is 11.8. The van der Waals surface area contributed by atoms with Crippen molar-refractivity contribution in [3.05, 3.63) is 34.3 Å². The van der Waals surface area contributed by atoms with E-state index in [0.717, 1.165) is 5.56 Å². The molecule has 0 spiro atoms. The van der Waals surface area contributed by atoms with Gasteiger partial charge < -0.3 is 4.74 Å². The van der Waals surface area contributed by atoms with Crippen LogP contribution < -0.4 is 0 Å². The molecule has 0 aromatic heterocycles. The van der Waals surface area contributed by atoms with Crippen molar-refractivity contribution >= 4 is 17.6 Å². The molecular formula is C12H15ClO2. The standard InChI is InChI=1S/C12H15ClO2/c1-8-6-5-7-9(13)10(8)11(14)15-12(2,3)4/h5-7H,1-4H3. The fourth-order valence-corrected chi connectivity index (χ4v) is 1.52. The molecule has 15 heavy (non-hydrogen) atoms. The number of halogens is 1. The van der Waals surface area contributed by atoms with Gasteiger partial charge in [0.25, 0.3) is 0 Å². The van der Waals surface area contributed by atoms with Gasteiger partial charge in [-0.25, -0.2) is 4.79 Å². The van der Waals surface area contributed by atoms with Crippen LogP contribution in [0.1, 0.15) is 36.7 Å². The van der Waals surface area contributed by atoms with Crippen LogP contribution in [0.4, 0.5) is 0 Å². The van der Waals surface area contributed by atoms with Crippen molar-refractivity contribution in [1.82, 2.24) is 0 Å². The van der Waals surface area contributed by atoms with Gasteiger partial charge in [0.15, 0.2) is 0 Å². The second-order valence-electron chi connectivity index (χ2n) is 4.43. The quantitative estimate of drug-likeness (QED) is 0.684. The molecule has 2 nitrogen and oxygen atoms in total. The second-order valence-corrected chi connectivity index (χ2v) is 4.84. The number of hydrogen-bond acceptors (Lipinski definition) is 2. The summed E-state index contributed by atoms with van der Waals surface area (Å²) in [6.45, 7) is 7.33. The highest BCUT2D eigenvalue weighted by Crippen LogP contribution is 2.22. The molecule has 0 amide bonds. The number of hydrogen-bond donors (Lipinski definition) is 0. The zero-order valence-corrected chi connectivity index (χ0v) is 10.2. The summed E-state index contributed by atoms with van der Waals surface area (Å²) in [5, 5.41) is 0.434. The third-order valence-electron chi connectivity index (χ3n) is 1.82. The maximum absolute atomic E-state index is 11.8. The molecule has 0 saturated carbocycles. The van der Waals surface area contributed by atoms with E-state index < -0.39 is 5.60 Å². The third-order valence-corrected chi connectivity index (χ3v) is 2.14. The van der Waals surface area contributed by atoms with Gasteiger partial charge in [-0.1, -0.05) is 23.7 Å². The molecule has 1 aromatic carbocycles. The molecule has 0 atom stereocenters. The van der Waals surface area contributed by atoms with Crippen LogP contribution in [-0.2, 0) is 4.74 Å². The van der Waals surface area contributed by atoms with E-state index in [1.165, 1.54) is 0 Å². The molecule has 0 heterocycles. The predicted molar refractivity (Wildman–Crippen MR) is 61.4 cm³/mol. The Kier molecular flexibility index (Phi) is 3.40. The zero-order valence-electron chi connectivity index (χ0n) is 9.43. The fraction of sp³-hybridized carbons (Fsp3) is 0.417. The Morgan fingerprint density at radius 1 is 1.33 bits per heavy atom. The van der Waals surface area contributed by atoms with Crippen LogP contribution in [0, 0.1) is 6.92 Å². The molecular weight excluding hydrogens is 212 g/mol. The van der Waals surface area contributed by atoms with E-state index >= 15 is 0 Å². The average Bonchev–Trinajstić information content (AvgIpc) is 1.99. The largest absolute Gasteiger partial charge is 0.456 e. The van der Waals surface area contributed by atoms with E-state index in [0.29, 0.717) is 10.6 Å². The van der Waals surface area contributed by atoms with Gasteiger partial charge in [-0.15, -0.1) is 0 Å². The van der Waals surface area contributed by atoms with Crippen LogP contribution in [0.5, 0.6) is 0 Å². The van der Waals surface area contributed by atoms with Crippen LogP contribution in [0.25, 0.3) is 0 Å². The molecule has 0 aliphatic carbocycles. The van der Waals surface area contributed by atoms with Crippen LogP contribution in [-0.4, -0.2) is 11.6 Å². The van der Waals surface area contributed by atoms with E-state index in [9.17, 15) is 4.79 Å². The summed E-state index contributed by atoms with van der Waals surface area (Å²) in [6.07, 6.45) is 0. The summed E-state index contributed by atoms with van der Waals surface area (Å²) in [7, 11) is 0. The van der Waals surface area contributed by atoms with Gasteiger partial charge >= 0.3 is 5.97 Å². The normalized spacial score (nSPS) is 11.3. The number of benzene rings is 1. The van der Waals surface area contributed by atoms with Gasteiger partial charge in [0.1, 0.15) is 5.60 Å². The number of esters is 1. The highest BCUT2D eigenvalue weighted by atomic mass is 35.5. The number of rotatable bonds is 1. The molecule has 0 saturated heterocycles. The minimum Gasteiger partial charge on any atom is -0.456 e. The minimum absolute atomic E-state index is 0.370. The Bertz CT molecular complexity index is 357. The topological polar surface area (TPSA) is 26.3 Å². The van der Waals surface area contributed by atoms with Gasteiger partial charge in [0, 0.05) is 0 Å². The lowest BCUT2D eigenvalue weighted by molar-refractivity contribution is 0.00690. The van der Waals surface area contributed by atoms with E-state index in [2.05, 4.69) is 0 Å². The predicted octanol–water partition coefficient (Wildman–Crippen LogP) is 3.60. The Hall–Kier alpha value is -1.02. The Balaban J connectivity index is 3.02. The highest BCUT2D eigenvalue weighted by molar-refractivity contribution is 6.33. The van der Waals surface area contributed by atoms with Crippen LogP contribution in [0.2, 0.25) is 5.02 Å². The molecule has 82 valence electrons. The van der Waals surface area contributed by atoms with Crippen LogP contribution >= 0.6 is 11.6 Å². The molecule has 0 N–H and O–H groups in total. The van der Waals surface area contributed by atoms with E-state index in [-0.39, 0.29) is 5.97 Å². The summed E-state index contributed by atoms with van der Waals surface area (Å²) >= 11 is 5.95. The molecule has 0 unspecified atom stereocenters. The monoisotopic (exact) mass is 226 g/mol. The molecule has 0 bridgehead atoms. The van der Waals surface area contributed by atoms with Crippen molar-refractivity contribution in [2.24, 2.45) is 0 Å².